The minimum Gasteiger partial charge on any atom is -0.288 e. The average Bonchev–Trinajstić information content (AvgIpc) is 2.15. The van der Waals surface area contributed by atoms with E-state index in [1.165, 1.54) is 17.3 Å². The second-order valence-electron chi connectivity index (χ2n) is 3.71. The van der Waals surface area contributed by atoms with E-state index in [9.17, 15) is 4.79 Å². The Hall–Kier alpha value is -1.09. The fraction of sp³-hybridized carbons (Fsp3) is 0.385. The Morgan fingerprint density at radius 3 is 2.56 bits per heavy atom. The van der Waals surface area contributed by atoms with Crippen molar-refractivity contribution >= 4 is 23.0 Å². The molecule has 0 saturated heterocycles. The second kappa shape index (κ2) is 6.48. The molecule has 16 heavy (non-hydrogen) atoms. The molecule has 0 aliphatic rings. The maximum Gasteiger partial charge on any atom is 0.185 e. The van der Waals surface area contributed by atoms with Crippen LogP contribution in [0.1, 0.15) is 30.3 Å². The first-order valence-electron chi connectivity index (χ1n) is 5.33. The molecule has 1 aromatic heterocycles. The smallest absolute Gasteiger partial charge is 0.185 e. The van der Waals surface area contributed by atoms with Gasteiger partial charge in [0.2, 0.25) is 0 Å². The number of nitrogens with zero attached hydrogens (tertiary/aromatic N) is 1. The van der Waals surface area contributed by atoms with Crippen LogP contribution in [0.5, 0.6) is 0 Å². The predicted molar refractivity (Wildman–Crippen MR) is 70.5 cm³/mol. The molecule has 1 rings (SSSR count). The third kappa shape index (κ3) is 5.12. The summed E-state index contributed by atoms with van der Waals surface area (Å²) in [6.45, 7) is 5.59. The molecule has 0 spiro atoms. The minimum absolute atomic E-state index is 0.184. The van der Waals surface area contributed by atoms with Gasteiger partial charge in [-0.25, -0.2) is 0 Å². The highest BCUT2D eigenvalue weighted by Crippen LogP contribution is 2.09. The lowest BCUT2D eigenvalue weighted by atomic mass is 10.2. The molecule has 3 heteroatoms. The van der Waals surface area contributed by atoms with Crippen molar-refractivity contribution in [1.82, 2.24) is 4.98 Å². The zero-order chi connectivity index (χ0) is 12.0. The van der Waals surface area contributed by atoms with Crippen molar-refractivity contribution in [2.75, 3.05) is 5.75 Å². The third-order valence-corrected chi connectivity index (χ3v) is 2.85. The summed E-state index contributed by atoms with van der Waals surface area (Å²) < 4.78 is 0. The lowest BCUT2D eigenvalue weighted by molar-refractivity contribution is -0.109. The van der Waals surface area contributed by atoms with Crippen molar-refractivity contribution in [3.8, 4) is 0 Å². The summed E-state index contributed by atoms with van der Waals surface area (Å²) in [6.07, 6.45) is 5.11. The molecule has 0 N–H and O–H groups in total. The summed E-state index contributed by atoms with van der Waals surface area (Å²) in [7, 11) is 0. The van der Waals surface area contributed by atoms with E-state index >= 15 is 0 Å². The molecule has 0 radical (unpaired) electrons. The number of hydrogen-bond donors (Lipinski definition) is 0. The van der Waals surface area contributed by atoms with Gasteiger partial charge in [0.25, 0.3) is 0 Å². The molecule has 0 aliphatic carbocycles. The second-order valence-corrected chi connectivity index (χ2v) is 4.99. The molecule has 0 fully saturated rings. The zero-order valence-corrected chi connectivity index (χ0v) is 10.8. The largest absolute Gasteiger partial charge is 0.288 e. The highest BCUT2D eigenvalue weighted by Gasteiger charge is 1.94. The first-order chi connectivity index (χ1) is 7.58. The van der Waals surface area contributed by atoms with Crippen LogP contribution < -0.4 is 0 Å². The van der Waals surface area contributed by atoms with Crippen LogP contribution in [-0.2, 0) is 4.79 Å². The summed E-state index contributed by atoms with van der Waals surface area (Å²) in [5.74, 6) is 0.856. The number of pyridine rings is 1. The molecule has 86 valence electrons. The van der Waals surface area contributed by atoms with E-state index in [0.29, 0.717) is 0 Å². The Balaban J connectivity index is 2.46. The molecule has 0 aromatic carbocycles. The minimum atomic E-state index is 0.184. The third-order valence-electron chi connectivity index (χ3n) is 2.00. The standard InChI is InChI=1S/C13H17NOS/c1-10-8-13(9-11(2)14-10)6-4-5-7-16-12(3)15/h4,6,8-9H,5,7H2,1-3H3. The molecule has 0 amide bonds. The molecular formula is C13H17NOS. The summed E-state index contributed by atoms with van der Waals surface area (Å²) in [4.78, 5) is 15.0. The summed E-state index contributed by atoms with van der Waals surface area (Å²) in [5, 5.41) is 0.184. The number of hydrogen-bond acceptors (Lipinski definition) is 3. The number of aromatic nitrogens is 1. The van der Waals surface area contributed by atoms with Gasteiger partial charge in [-0.3, -0.25) is 9.78 Å². The number of rotatable bonds is 4. The van der Waals surface area contributed by atoms with E-state index in [2.05, 4.69) is 29.3 Å². The van der Waals surface area contributed by atoms with Gasteiger partial charge in [-0.1, -0.05) is 23.9 Å². The van der Waals surface area contributed by atoms with E-state index in [-0.39, 0.29) is 5.12 Å². The van der Waals surface area contributed by atoms with Crippen molar-refractivity contribution < 1.29 is 4.79 Å². The first-order valence-corrected chi connectivity index (χ1v) is 6.31. The fourth-order valence-electron chi connectivity index (χ4n) is 1.45. The van der Waals surface area contributed by atoms with Crippen molar-refractivity contribution in [3.63, 3.8) is 0 Å². The SMILES string of the molecule is CC(=O)SCCC=Cc1cc(C)nc(C)c1. The van der Waals surface area contributed by atoms with Gasteiger partial charge in [-0.05, 0) is 38.0 Å². The van der Waals surface area contributed by atoms with Gasteiger partial charge in [0.15, 0.2) is 5.12 Å². The van der Waals surface area contributed by atoms with E-state index in [0.717, 1.165) is 23.6 Å². The van der Waals surface area contributed by atoms with Crippen molar-refractivity contribution in [2.24, 2.45) is 0 Å². The maximum atomic E-state index is 10.7. The number of carbonyl (C=O) groups is 1. The predicted octanol–water partition coefficient (Wildman–Crippen LogP) is 3.38. The normalized spacial score (nSPS) is 10.9. The van der Waals surface area contributed by atoms with Crippen LogP contribution in [0, 0.1) is 13.8 Å². The van der Waals surface area contributed by atoms with Crippen molar-refractivity contribution in [1.29, 1.82) is 0 Å². The topological polar surface area (TPSA) is 30.0 Å². The molecule has 0 unspecified atom stereocenters. The molecule has 0 atom stereocenters. The lowest BCUT2D eigenvalue weighted by Crippen LogP contribution is -1.87. The van der Waals surface area contributed by atoms with E-state index in [4.69, 9.17) is 0 Å². The van der Waals surface area contributed by atoms with Crippen LogP contribution in [0.4, 0.5) is 0 Å². The highest BCUT2D eigenvalue weighted by molar-refractivity contribution is 8.13. The van der Waals surface area contributed by atoms with Crippen molar-refractivity contribution in [2.45, 2.75) is 27.2 Å². The maximum absolute atomic E-state index is 10.7. The van der Waals surface area contributed by atoms with Crippen molar-refractivity contribution in [3.05, 3.63) is 35.2 Å². The quantitative estimate of drug-likeness (QED) is 0.749. The molecule has 0 aliphatic heterocycles. The summed E-state index contributed by atoms with van der Waals surface area (Å²) in [6, 6.07) is 4.11. The molecule has 1 heterocycles. The van der Waals surface area contributed by atoms with Gasteiger partial charge in [0.1, 0.15) is 0 Å². The van der Waals surface area contributed by atoms with E-state index < -0.39 is 0 Å². The van der Waals surface area contributed by atoms with E-state index in [1.807, 2.05) is 13.8 Å². The van der Waals surface area contributed by atoms with Gasteiger partial charge < -0.3 is 0 Å². The lowest BCUT2D eigenvalue weighted by Gasteiger charge is -1.99. The van der Waals surface area contributed by atoms with Crippen LogP contribution in [-0.4, -0.2) is 15.9 Å². The molecular weight excluding hydrogens is 218 g/mol. The van der Waals surface area contributed by atoms with Crippen LogP contribution in [0.3, 0.4) is 0 Å². The van der Waals surface area contributed by atoms with Gasteiger partial charge in [0, 0.05) is 24.1 Å². The van der Waals surface area contributed by atoms with Crippen LogP contribution >= 0.6 is 11.8 Å². The van der Waals surface area contributed by atoms with Gasteiger partial charge in [-0.15, -0.1) is 0 Å². The monoisotopic (exact) mass is 235 g/mol. The first kappa shape index (κ1) is 13.0. The van der Waals surface area contributed by atoms with Gasteiger partial charge in [0.05, 0.1) is 0 Å². The van der Waals surface area contributed by atoms with Crippen LogP contribution in [0.25, 0.3) is 6.08 Å². The number of allylic oxidation sites excluding steroid dienone is 1. The van der Waals surface area contributed by atoms with E-state index in [1.54, 1.807) is 6.92 Å². The molecule has 2 nitrogen and oxygen atoms in total. The number of aryl methyl sites for hydroxylation is 2. The molecule has 1 aromatic rings. The van der Waals surface area contributed by atoms with Crippen LogP contribution in [0.15, 0.2) is 18.2 Å². The Bertz CT molecular complexity index is 379. The summed E-state index contributed by atoms with van der Waals surface area (Å²) in [5.41, 5.74) is 3.26. The Kier molecular flexibility index (Phi) is 5.26. The highest BCUT2D eigenvalue weighted by atomic mass is 32.2. The number of carbonyl (C=O) groups excluding carboxylic acids is 1. The molecule has 0 saturated carbocycles. The Labute approximate surface area is 101 Å². The average molecular weight is 235 g/mol. The fourth-order valence-corrected chi connectivity index (χ4v) is 1.99. The van der Waals surface area contributed by atoms with Gasteiger partial charge >= 0.3 is 0 Å². The summed E-state index contributed by atoms with van der Waals surface area (Å²) >= 11 is 1.37. The van der Waals surface area contributed by atoms with Gasteiger partial charge in [-0.2, -0.15) is 0 Å². The zero-order valence-electron chi connectivity index (χ0n) is 9.99. The molecule has 0 bridgehead atoms. The Morgan fingerprint density at radius 1 is 1.38 bits per heavy atom. The number of thioether (sulfide) groups is 1. The van der Waals surface area contributed by atoms with Crippen LogP contribution in [0.2, 0.25) is 0 Å². The Morgan fingerprint density at radius 2 is 2.00 bits per heavy atom.